The van der Waals surface area contributed by atoms with Crippen LogP contribution in [0.3, 0.4) is 0 Å². The van der Waals surface area contributed by atoms with Crippen molar-refractivity contribution in [1.82, 2.24) is 5.32 Å². The number of nitrogens with one attached hydrogen (secondary N) is 1. The summed E-state index contributed by atoms with van der Waals surface area (Å²) in [5.41, 5.74) is 0. The lowest BCUT2D eigenvalue weighted by Gasteiger charge is -2.28. The Labute approximate surface area is 87.1 Å². The molecule has 14 heavy (non-hydrogen) atoms. The van der Waals surface area contributed by atoms with Gasteiger partial charge in [0.2, 0.25) is 0 Å². The van der Waals surface area contributed by atoms with Gasteiger partial charge in [-0.15, -0.1) is 0 Å². The van der Waals surface area contributed by atoms with Crippen molar-refractivity contribution in [2.45, 2.75) is 70.1 Å². The van der Waals surface area contributed by atoms with Crippen LogP contribution in [0.4, 0.5) is 0 Å². The third-order valence-electron chi connectivity index (χ3n) is 3.74. The molecular formula is C12H23NO. The van der Waals surface area contributed by atoms with Gasteiger partial charge in [0.15, 0.2) is 0 Å². The molecule has 0 aromatic rings. The van der Waals surface area contributed by atoms with Gasteiger partial charge in [0.25, 0.3) is 0 Å². The zero-order chi connectivity index (χ0) is 9.97. The molecule has 2 fully saturated rings. The molecule has 0 radical (unpaired) electrons. The van der Waals surface area contributed by atoms with Gasteiger partial charge in [-0.2, -0.15) is 0 Å². The number of aliphatic hydroxyl groups is 1. The van der Waals surface area contributed by atoms with Crippen molar-refractivity contribution in [3.63, 3.8) is 0 Å². The molecule has 0 bridgehead atoms. The first kappa shape index (κ1) is 10.4. The second-order valence-corrected chi connectivity index (χ2v) is 5.02. The molecule has 2 unspecified atom stereocenters. The van der Waals surface area contributed by atoms with Crippen LogP contribution in [-0.4, -0.2) is 23.3 Å². The Morgan fingerprint density at radius 3 is 2.71 bits per heavy atom. The molecule has 0 spiro atoms. The van der Waals surface area contributed by atoms with Crippen molar-refractivity contribution in [1.29, 1.82) is 0 Å². The highest BCUT2D eigenvalue weighted by Gasteiger charge is 2.38. The number of hydrogen-bond acceptors (Lipinski definition) is 2. The SMILES string of the molecule is CCCC1CC1N[C@@H]1CCCC[C@H]1O. The first-order valence-corrected chi connectivity index (χ1v) is 6.25. The fraction of sp³-hybridized carbons (Fsp3) is 1.00. The van der Waals surface area contributed by atoms with E-state index in [1.54, 1.807) is 0 Å². The van der Waals surface area contributed by atoms with Crippen LogP contribution < -0.4 is 5.32 Å². The summed E-state index contributed by atoms with van der Waals surface area (Å²) < 4.78 is 0. The van der Waals surface area contributed by atoms with Crippen LogP contribution in [0.25, 0.3) is 0 Å². The third-order valence-corrected chi connectivity index (χ3v) is 3.74. The average Bonchev–Trinajstić information content (AvgIpc) is 2.89. The molecule has 4 atom stereocenters. The van der Waals surface area contributed by atoms with E-state index in [-0.39, 0.29) is 6.10 Å². The van der Waals surface area contributed by atoms with Gasteiger partial charge >= 0.3 is 0 Å². The van der Waals surface area contributed by atoms with E-state index in [2.05, 4.69) is 12.2 Å². The molecule has 0 saturated heterocycles. The number of rotatable bonds is 4. The van der Waals surface area contributed by atoms with Crippen LogP contribution in [0.2, 0.25) is 0 Å². The number of hydrogen-bond donors (Lipinski definition) is 2. The summed E-state index contributed by atoms with van der Waals surface area (Å²) >= 11 is 0. The van der Waals surface area contributed by atoms with Crippen molar-refractivity contribution in [3.05, 3.63) is 0 Å². The molecule has 0 amide bonds. The highest BCUT2D eigenvalue weighted by molar-refractivity contribution is 4.96. The summed E-state index contributed by atoms with van der Waals surface area (Å²) in [6, 6.07) is 1.13. The second-order valence-electron chi connectivity index (χ2n) is 5.02. The summed E-state index contributed by atoms with van der Waals surface area (Å²) in [5, 5.41) is 13.4. The lowest BCUT2D eigenvalue weighted by molar-refractivity contribution is 0.0893. The summed E-state index contributed by atoms with van der Waals surface area (Å²) in [4.78, 5) is 0. The molecular weight excluding hydrogens is 174 g/mol. The van der Waals surface area contributed by atoms with Crippen LogP contribution in [0.1, 0.15) is 51.9 Å². The minimum Gasteiger partial charge on any atom is -0.392 e. The largest absolute Gasteiger partial charge is 0.392 e. The third kappa shape index (κ3) is 2.48. The summed E-state index contributed by atoms with van der Waals surface area (Å²) in [6.45, 7) is 2.25. The molecule has 2 heteroatoms. The van der Waals surface area contributed by atoms with Gasteiger partial charge in [0, 0.05) is 12.1 Å². The minimum absolute atomic E-state index is 0.0772. The zero-order valence-corrected chi connectivity index (χ0v) is 9.21. The quantitative estimate of drug-likeness (QED) is 0.723. The van der Waals surface area contributed by atoms with Crippen molar-refractivity contribution >= 4 is 0 Å². The predicted molar refractivity (Wildman–Crippen MR) is 58.2 cm³/mol. The zero-order valence-electron chi connectivity index (χ0n) is 9.21. The Morgan fingerprint density at radius 1 is 1.21 bits per heavy atom. The highest BCUT2D eigenvalue weighted by atomic mass is 16.3. The minimum atomic E-state index is -0.0772. The maximum Gasteiger partial charge on any atom is 0.0693 e. The Balaban J connectivity index is 1.70. The molecule has 2 saturated carbocycles. The Kier molecular flexibility index (Phi) is 3.45. The van der Waals surface area contributed by atoms with E-state index < -0.39 is 0 Å². The molecule has 0 aliphatic heterocycles. The normalized spacial score (nSPS) is 42.4. The molecule has 2 rings (SSSR count). The van der Waals surface area contributed by atoms with Gasteiger partial charge < -0.3 is 10.4 Å². The molecule has 2 aliphatic carbocycles. The van der Waals surface area contributed by atoms with Crippen molar-refractivity contribution in [2.24, 2.45) is 5.92 Å². The van der Waals surface area contributed by atoms with Gasteiger partial charge in [-0.25, -0.2) is 0 Å². The molecule has 0 aromatic carbocycles. The standard InChI is InChI=1S/C12H23NO/c1-2-5-9-8-11(9)13-10-6-3-4-7-12(10)14/h9-14H,2-8H2,1H3/t9?,10-,11?,12-/m1/s1. The van der Waals surface area contributed by atoms with Gasteiger partial charge in [0.1, 0.15) is 0 Å². The van der Waals surface area contributed by atoms with E-state index in [1.165, 1.54) is 38.5 Å². The van der Waals surface area contributed by atoms with Crippen molar-refractivity contribution < 1.29 is 5.11 Å². The van der Waals surface area contributed by atoms with Crippen LogP contribution in [-0.2, 0) is 0 Å². The van der Waals surface area contributed by atoms with Gasteiger partial charge in [-0.1, -0.05) is 26.2 Å². The molecule has 2 aliphatic rings. The van der Waals surface area contributed by atoms with Gasteiger partial charge in [-0.3, -0.25) is 0 Å². The van der Waals surface area contributed by atoms with E-state index in [0.29, 0.717) is 6.04 Å². The van der Waals surface area contributed by atoms with Gasteiger partial charge in [-0.05, 0) is 31.6 Å². The first-order chi connectivity index (χ1) is 6.81. The summed E-state index contributed by atoms with van der Waals surface area (Å²) in [5.74, 6) is 0.911. The monoisotopic (exact) mass is 197 g/mol. The van der Waals surface area contributed by atoms with E-state index in [9.17, 15) is 5.11 Å². The molecule has 82 valence electrons. The highest BCUT2D eigenvalue weighted by Crippen LogP contribution is 2.36. The molecule has 0 heterocycles. The lowest BCUT2D eigenvalue weighted by atomic mass is 9.92. The van der Waals surface area contributed by atoms with Gasteiger partial charge in [0.05, 0.1) is 6.10 Å². The Bertz CT molecular complexity index is 183. The summed E-state index contributed by atoms with van der Waals surface area (Å²) in [7, 11) is 0. The fourth-order valence-corrected chi connectivity index (χ4v) is 2.72. The maximum atomic E-state index is 9.80. The second kappa shape index (κ2) is 4.63. The maximum absolute atomic E-state index is 9.80. The van der Waals surface area contributed by atoms with E-state index in [4.69, 9.17) is 0 Å². The Hall–Kier alpha value is -0.0800. The lowest BCUT2D eigenvalue weighted by Crippen LogP contribution is -2.43. The van der Waals surface area contributed by atoms with E-state index >= 15 is 0 Å². The van der Waals surface area contributed by atoms with Crippen LogP contribution in [0.15, 0.2) is 0 Å². The first-order valence-electron chi connectivity index (χ1n) is 6.25. The molecule has 2 N–H and O–H groups in total. The fourth-order valence-electron chi connectivity index (χ4n) is 2.72. The van der Waals surface area contributed by atoms with Crippen LogP contribution in [0.5, 0.6) is 0 Å². The average molecular weight is 197 g/mol. The van der Waals surface area contributed by atoms with E-state index in [0.717, 1.165) is 18.4 Å². The van der Waals surface area contributed by atoms with E-state index in [1.807, 2.05) is 0 Å². The predicted octanol–water partition coefficient (Wildman–Crippen LogP) is 2.07. The van der Waals surface area contributed by atoms with Crippen LogP contribution in [0, 0.1) is 5.92 Å². The summed E-state index contributed by atoms with van der Waals surface area (Å²) in [6.07, 6.45) is 8.61. The van der Waals surface area contributed by atoms with Crippen LogP contribution >= 0.6 is 0 Å². The molecule has 0 aromatic heterocycles. The number of aliphatic hydroxyl groups excluding tert-OH is 1. The topological polar surface area (TPSA) is 32.3 Å². The van der Waals surface area contributed by atoms with Crippen molar-refractivity contribution in [3.8, 4) is 0 Å². The smallest absolute Gasteiger partial charge is 0.0693 e. The Morgan fingerprint density at radius 2 is 2.00 bits per heavy atom. The van der Waals surface area contributed by atoms with Crippen molar-refractivity contribution in [2.75, 3.05) is 0 Å². The molecule has 2 nitrogen and oxygen atoms in total.